The summed E-state index contributed by atoms with van der Waals surface area (Å²) in [6.07, 6.45) is 0. The fourth-order valence-electron chi connectivity index (χ4n) is 1.72. The number of benzene rings is 2. The highest BCUT2D eigenvalue weighted by Gasteiger charge is 2.09. The quantitative estimate of drug-likeness (QED) is 0.746. The Labute approximate surface area is 127 Å². The van der Waals surface area contributed by atoms with Crippen LogP contribution in [0.5, 0.6) is 5.75 Å². The number of hydrogen-bond donors (Lipinski definition) is 3. The average Bonchev–Trinajstić information content (AvgIpc) is 2.47. The monoisotopic (exact) mass is 300 g/mol. The lowest BCUT2D eigenvalue weighted by atomic mass is 10.1. The molecule has 0 aliphatic heterocycles. The molecule has 4 nitrogen and oxygen atoms in total. The van der Waals surface area contributed by atoms with Gasteiger partial charge in [-0.05, 0) is 36.4 Å². The first kappa shape index (κ1) is 14.9. The standard InChI is InChI=1S/C16H13ClN2O2/c17-13-6-7-15(11(9-13)4-2-8-18)19-16(21)12-3-1-5-14(20)10-12/h1,3,5-7,9-10,20H,8,18H2,(H,19,21). The molecule has 2 aromatic rings. The summed E-state index contributed by atoms with van der Waals surface area (Å²) in [6, 6.07) is 11.1. The van der Waals surface area contributed by atoms with E-state index in [1.165, 1.54) is 12.1 Å². The molecule has 0 saturated carbocycles. The van der Waals surface area contributed by atoms with Crippen LogP contribution in [0.4, 0.5) is 5.69 Å². The smallest absolute Gasteiger partial charge is 0.255 e. The van der Waals surface area contributed by atoms with Crippen molar-refractivity contribution < 1.29 is 9.90 Å². The molecule has 106 valence electrons. The molecule has 21 heavy (non-hydrogen) atoms. The largest absolute Gasteiger partial charge is 0.508 e. The third-order valence-electron chi connectivity index (χ3n) is 2.66. The molecule has 1 amide bonds. The van der Waals surface area contributed by atoms with E-state index in [4.69, 9.17) is 17.3 Å². The summed E-state index contributed by atoms with van der Waals surface area (Å²) in [6.45, 7) is 0.215. The number of phenolic OH excluding ortho intramolecular Hbond substituents is 1. The van der Waals surface area contributed by atoms with Crippen molar-refractivity contribution >= 4 is 23.2 Å². The van der Waals surface area contributed by atoms with E-state index in [0.717, 1.165) is 0 Å². The number of rotatable bonds is 2. The van der Waals surface area contributed by atoms with Gasteiger partial charge in [0.15, 0.2) is 0 Å². The van der Waals surface area contributed by atoms with E-state index in [9.17, 15) is 9.90 Å². The average molecular weight is 301 g/mol. The summed E-state index contributed by atoms with van der Waals surface area (Å²) in [4.78, 5) is 12.1. The Balaban J connectivity index is 2.29. The van der Waals surface area contributed by atoms with Gasteiger partial charge in [0.05, 0.1) is 12.2 Å². The lowest BCUT2D eigenvalue weighted by Gasteiger charge is -2.08. The van der Waals surface area contributed by atoms with E-state index >= 15 is 0 Å². The Morgan fingerprint density at radius 2 is 2.10 bits per heavy atom. The van der Waals surface area contributed by atoms with Crippen molar-refractivity contribution in [3.8, 4) is 17.6 Å². The maximum absolute atomic E-state index is 12.1. The number of halogens is 1. The van der Waals surface area contributed by atoms with E-state index in [-0.39, 0.29) is 18.2 Å². The molecule has 0 spiro atoms. The maximum atomic E-state index is 12.1. The highest BCUT2D eigenvalue weighted by atomic mass is 35.5. The van der Waals surface area contributed by atoms with Gasteiger partial charge in [-0.2, -0.15) is 0 Å². The van der Waals surface area contributed by atoms with Crippen molar-refractivity contribution in [1.82, 2.24) is 0 Å². The Morgan fingerprint density at radius 1 is 1.29 bits per heavy atom. The zero-order valence-electron chi connectivity index (χ0n) is 11.1. The topological polar surface area (TPSA) is 75.3 Å². The molecular weight excluding hydrogens is 288 g/mol. The first-order valence-electron chi connectivity index (χ1n) is 6.19. The minimum atomic E-state index is -0.343. The third kappa shape index (κ3) is 3.99. The lowest BCUT2D eigenvalue weighted by molar-refractivity contribution is 0.102. The lowest BCUT2D eigenvalue weighted by Crippen LogP contribution is -2.12. The van der Waals surface area contributed by atoms with Gasteiger partial charge < -0.3 is 16.2 Å². The van der Waals surface area contributed by atoms with Gasteiger partial charge in [-0.3, -0.25) is 4.79 Å². The van der Waals surface area contributed by atoms with Gasteiger partial charge >= 0.3 is 0 Å². The molecule has 0 aromatic heterocycles. The van der Waals surface area contributed by atoms with Crippen LogP contribution in [0.25, 0.3) is 0 Å². The SMILES string of the molecule is NCC#Cc1cc(Cl)ccc1NC(=O)c1cccc(O)c1. The second-order valence-corrected chi connectivity index (χ2v) is 4.64. The molecule has 5 heteroatoms. The van der Waals surface area contributed by atoms with Crippen molar-refractivity contribution in [1.29, 1.82) is 0 Å². The Hall–Kier alpha value is -2.48. The number of nitrogens with one attached hydrogen (secondary N) is 1. The van der Waals surface area contributed by atoms with Gasteiger partial charge in [-0.1, -0.05) is 29.5 Å². The van der Waals surface area contributed by atoms with E-state index in [1.807, 2.05) is 0 Å². The minimum Gasteiger partial charge on any atom is -0.508 e. The van der Waals surface area contributed by atoms with Crippen LogP contribution in [0.3, 0.4) is 0 Å². The van der Waals surface area contributed by atoms with Crippen molar-refractivity contribution in [3.05, 3.63) is 58.6 Å². The number of nitrogens with two attached hydrogens (primary N) is 1. The molecule has 2 aromatic carbocycles. The molecule has 0 heterocycles. The summed E-state index contributed by atoms with van der Waals surface area (Å²) in [5.74, 6) is 5.27. The molecule has 2 rings (SSSR count). The van der Waals surface area contributed by atoms with Crippen LogP contribution >= 0.6 is 11.6 Å². The van der Waals surface area contributed by atoms with Crippen LogP contribution < -0.4 is 11.1 Å². The number of phenols is 1. The van der Waals surface area contributed by atoms with E-state index in [0.29, 0.717) is 21.8 Å². The van der Waals surface area contributed by atoms with Crippen molar-refractivity contribution in [3.63, 3.8) is 0 Å². The molecule has 0 fully saturated rings. The van der Waals surface area contributed by atoms with Gasteiger partial charge in [-0.15, -0.1) is 0 Å². The molecule has 0 radical (unpaired) electrons. The number of carbonyl (C=O) groups is 1. The van der Waals surface area contributed by atoms with Gasteiger partial charge in [-0.25, -0.2) is 0 Å². The highest BCUT2D eigenvalue weighted by molar-refractivity contribution is 6.30. The normalized spacial score (nSPS) is 9.62. The maximum Gasteiger partial charge on any atom is 0.255 e. The summed E-state index contributed by atoms with van der Waals surface area (Å²) >= 11 is 5.93. The Bertz CT molecular complexity index is 733. The number of anilines is 1. The summed E-state index contributed by atoms with van der Waals surface area (Å²) in [7, 11) is 0. The first-order chi connectivity index (χ1) is 10.1. The van der Waals surface area contributed by atoms with E-state index in [2.05, 4.69) is 17.2 Å². The zero-order chi connectivity index (χ0) is 15.2. The molecule has 0 unspecified atom stereocenters. The minimum absolute atomic E-state index is 0.0295. The van der Waals surface area contributed by atoms with Crippen LogP contribution in [0.1, 0.15) is 15.9 Å². The second-order valence-electron chi connectivity index (χ2n) is 4.20. The first-order valence-corrected chi connectivity index (χ1v) is 6.57. The molecule has 0 saturated heterocycles. The van der Waals surface area contributed by atoms with E-state index < -0.39 is 0 Å². The fraction of sp³-hybridized carbons (Fsp3) is 0.0625. The summed E-state index contributed by atoms with van der Waals surface area (Å²) in [5.41, 5.74) is 6.82. The molecule has 0 atom stereocenters. The van der Waals surface area contributed by atoms with Gasteiger partial charge in [0, 0.05) is 16.1 Å². The molecule has 0 bridgehead atoms. The molecule has 0 aliphatic rings. The third-order valence-corrected chi connectivity index (χ3v) is 2.90. The number of amides is 1. The summed E-state index contributed by atoms with van der Waals surface area (Å²) < 4.78 is 0. The van der Waals surface area contributed by atoms with Crippen LogP contribution in [0.15, 0.2) is 42.5 Å². The van der Waals surface area contributed by atoms with Crippen molar-refractivity contribution in [2.75, 3.05) is 11.9 Å². The van der Waals surface area contributed by atoms with Crippen LogP contribution in [-0.4, -0.2) is 17.6 Å². The number of hydrogen-bond acceptors (Lipinski definition) is 3. The summed E-state index contributed by atoms with van der Waals surface area (Å²) in [5, 5.41) is 12.7. The molecule has 4 N–H and O–H groups in total. The highest BCUT2D eigenvalue weighted by Crippen LogP contribution is 2.21. The van der Waals surface area contributed by atoms with Gasteiger partial charge in [0.2, 0.25) is 0 Å². The number of carbonyl (C=O) groups excluding carboxylic acids is 1. The Kier molecular flexibility index (Phi) is 4.83. The number of aromatic hydroxyl groups is 1. The van der Waals surface area contributed by atoms with Crippen molar-refractivity contribution in [2.45, 2.75) is 0 Å². The second kappa shape index (κ2) is 6.80. The van der Waals surface area contributed by atoms with Crippen LogP contribution in [-0.2, 0) is 0 Å². The van der Waals surface area contributed by atoms with Crippen LogP contribution in [0, 0.1) is 11.8 Å². The van der Waals surface area contributed by atoms with Gasteiger partial charge in [0.25, 0.3) is 5.91 Å². The zero-order valence-corrected chi connectivity index (χ0v) is 11.8. The van der Waals surface area contributed by atoms with Crippen LogP contribution in [0.2, 0.25) is 5.02 Å². The molecule has 0 aliphatic carbocycles. The molecular formula is C16H13ClN2O2. The fourth-order valence-corrected chi connectivity index (χ4v) is 1.89. The van der Waals surface area contributed by atoms with Gasteiger partial charge in [0.1, 0.15) is 5.75 Å². The predicted octanol–water partition coefficient (Wildman–Crippen LogP) is 2.61. The van der Waals surface area contributed by atoms with E-state index in [1.54, 1.807) is 30.3 Å². The van der Waals surface area contributed by atoms with Crippen molar-refractivity contribution in [2.24, 2.45) is 5.73 Å². The Morgan fingerprint density at radius 3 is 2.81 bits per heavy atom. The predicted molar refractivity (Wildman–Crippen MR) is 83.4 cm³/mol.